The summed E-state index contributed by atoms with van der Waals surface area (Å²) in [6, 6.07) is 7.81. The van der Waals surface area contributed by atoms with Crippen LogP contribution >= 0.6 is 24.0 Å². The van der Waals surface area contributed by atoms with Crippen molar-refractivity contribution in [3.63, 3.8) is 0 Å². The summed E-state index contributed by atoms with van der Waals surface area (Å²) in [5.41, 5.74) is 1.86. The van der Waals surface area contributed by atoms with Gasteiger partial charge in [-0.2, -0.15) is 0 Å². The number of guanidine groups is 1. The minimum atomic E-state index is 0. The van der Waals surface area contributed by atoms with Crippen LogP contribution in [0, 0.1) is 5.92 Å². The molecule has 0 saturated heterocycles. The molecule has 3 N–H and O–H groups in total. The maximum atomic E-state index is 12.0. The zero-order valence-electron chi connectivity index (χ0n) is 16.3. The first-order valence-corrected chi connectivity index (χ1v) is 9.10. The number of halogens is 1. The van der Waals surface area contributed by atoms with Crippen LogP contribution in [0.25, 0.3) is 0 Å². The lowest BCUT2D eigenvalue weighted by Crippen LogP contribution is -2.39. The van der Waals surface area contributed by atoms with Gasteiger partial charge in [0.15, 0.2) is 5.96 Å². The second-order valence-electron chi connectivity index (χ2n) is 5.82. The summed E-state index contributed by atoms with van der Waals surface area (Å²) >= 11 is 0. The first-order valence-electron chi connectivity index (χ1n) is 9.10. The van der Waals surface area contributed by atoms with Gasteiger partial charge in [0.1, 0.15) is 0 Å². The molecule has 1 unspecified atom stereocenters. The summed E-state index contributed by atoms with van der Waals surface area (Å²) in [5.74, 6) is 0.821. The molecule has 148 valence electrons. The van der Waals surface area contributed by atoms with Crippen molar-refractivity contribution >= 4 is 41.5 Å². The summed E-state index contributed by atoms with van der Waals surface area (Å²) < 4.78 is 5.32. The van der Waals surface area contributed by atoms with Crippen molar-refractivity contribution in [3.8, 4) is 0 Å². The van der Waals surface area contributed by atoms with E-state index in [0.29, 0.717) is 26.3 Å². The zero-order valence-corrected chi connectivity index (χ0v) is 18.6. The maximum Gasteiger partial charge on any atom is 0.227 e. The van der Waals surface area contributed by atoms with Crippen molar-refractivity contribution in [2.75, 3.05) is 31.6 Å². The molecule has 0 aliphatic heterocycles. The van der Waals surface area contributed by atoms with Crippen molar-refractivity contribution in [1.29, 1.82) is 0 Å². The Balaban J connectivity index is 0.00000625. The molecule has 7 heteroatoms. The molecule has 0 aliphatic rings. The standard InChI is InChI=1S/C19H32N4O2.HI/c1-5-15(4)18(24)23-17-10-8-9-16(13-17)14-22-19(20-6-2)21-11-12-25-7-3;/h8-10,13,15H,5-7,11-12,14H2,1-4H3,(H,23,24)(H2,20,21,22);1H. The number of aliphatic imine (C=N–C) groups is 1. The minimum Gasteiger partial charge on any atom is -0.380 e. The topological polar surface area (TPSA) is 74.8 Å². The SMILES string of the molecule is CCNC(=NCc1cccc(NC(=O)C(C)CC)c1)NCCOCC.I. The van der Waals surface area contributed by atoms with E-state index in [2.05, 4.69) is 20.9 Å². The second kappa shape index (κ2) is 14.8. The number of benzene rings is 1. The monoisotopic (exact) mass is 476 g/mol. The molecule has 0 spiro atoms. The van der Waals surface area contributed by atoms with Gasteiger partial charge in [-0.15, -0.1) is 24.0 Å². The molecule has 1 atom stereocenters. The lowest BCUT2D eigenvalue weighted by molar-refractivity contribution is -0.119. The predicted octanol–water partition coefficient (Wildman–Crippen LogP) is 3.38. The zero-order chi connectivity index (χ0) is 18.5. The first-order chi connectivity index (χ1) is 12.1. The predicted molar refractivity (Wildman–Crippen MR) is 119 cm³/mol. The molecule has 1 amide bonds. The smallest absolute Gasteiger partial charge is 0.227 e. The quantitative estimate of drug-likeness (QED) is 0.210. The lowest BCUT2D eigenvalue weighted by atomic mass is 10.1. The Labute approximate surface area is 174 Å². The van der Waals surface area contributed by atoms with Crippen LogP contribution in [-0.2, 0) is 16.1 Å². The van der Waals surface area contributed by atoms with Crippen LogP contribution in [0.3, 0.4) is 0 Å². The Kier molecular flexibility index (Phi) is 14.0. The number of rotatable bonds is 10. The average molecular weight is 476 g/mol. The van der Waals surface area contributed by atoms with E-state index in [0.717, 1.165) is 30.2 Å². The van der Waals surface area contributed by atoms with Crippen molar-refractivity contribution in [2.24, 2.45) is 10.9 Å². The molecule has 0 saturated carbocycles. The minimum absolute atomic E-state index is 0. The second-order valence-corrected chi connectivity index (χ2v) is 5.82. The molecule has 1 aromatic carbocycles. The van der Waals surface area contributed by atoms with Gasteiger partial charge in [0, 0.05) is 31.3 Å². The van der Waals surface area contributed by atoms with Crippen LogP contribution in [0.5, 0.6) is 0 Å². The summed E-state index contributed by atoms with van der Waals surface area (Å²) in [6.07, 6.45) is 0.829. The van der Waals surface area contributed by atoms with Crippen molar-refractivity contribution in [3.05, 3.63) is 29.8 Å². The highest BCUT2D eigenvalue weighted by Crippen LogP contribution is 2.13. The summed E-state index contributed by atoms with van der Waals surface area (Å²) in [7, 11) is 0. The molecule has 0 bridgehead atoms. The fraction of sp³-hybridized carbons (Fsp3) is 0.579. The van der Waals surface area contributed by atoms with Crippen LogP contribution in [0.15, 0.2) is 29.3 Å². The molecule has 0 heterocycles. The number of carbonyl (C=O) groups is 1. The molecule has 1 aromatic rings. The number of ether oxygens (including phenoxy) is 1. The fourth-order valence-corrected chi connectivity index (χ4v) is 2.10. The molecule has 0 fully saturated rings. The van der Waals surface area contributed by atoms with Gasteiger partial charge in [0.2, 0.25) is 5.91 Å². The molecule has 0 aliphatic carbocycles. The van der Waals surface area contributed by atoms with Gasteiger partial charge in [-0.1, -0.05) is 26.0 Å². The van der Waals surface area contributed by atoms with Gasteiger partial charge in [0.05, 0.1) is 13.2 Å². The Morgan fingerprint density at radius 1 is 1.23 bits per heavy atom. The van der Waals surface area contributed by atoms with Crippen LogP contribution in [0.2, 0.25) is 0 Å². The summed E-state index contributed by atoms with van der Waals surface area (Å²) in [4.78, 5) is 16.6. The van der Waals surface area contributed by atoms with Gasteiger partial charge < -0.3 is 20.7 Å². The van der Waals surface area contributed by atoms with Gasteiger partial charge in [-0.25, -0.2) is 4.99 Å². The van der Waals surface area contributed by atoms with E-state index in [9.17, 15) is 4.79 Å². The Hall–Kier alpha value is -1.35. The fourth-order valence-electron chi connectivity index (χ4n) is 2.10. The molecule has 0 radical (unpaired) electrons. The number of hydrogen-bond donors (Lipinski definition) is 3. The summed E-state index contributed by atoms with van der Waals surface area (Å²) in [5, 5.41) is 9.41. The largest absolute Gasteiger partial charge is 0.380 e. The van der Waals surface area contributed by atoms with Gasteiger partial charge >= 0.3 is 0 Å². The molecule has 6 nitrogen and oxygen atoms in total. The number of hydrogen-bond acceptors (Lipinski definition) is 3. The third kappa shape index (κ3) is 9.96. The Morgan fingerprint density at radius 2 is 2.00 bits per heavy atom. The number of nitrogens with one attached hydrogen (secondary N) is 3. The molecular formula is C19H33IN4O2. The van der Waals surface area contributed by atoms with E-state index in [4.69, 9.17) is 4.74 Å². The number of anilines is 1. The molecular weight excluding hydrogens is 443 g/mol. The Morgan fingerprint density at radius 3 is 2.65 bits per heavy atom. The average Bonchev–Trinajstić information content (AvgIpc) is 2.62. The molecule has 1 rings (SSSR count). The van der Waals surface area contributed by atoms with Crippen LogP contribution in [0.1, 0.15) is 39.7 Å². The number of carbonyl (C=O) groups excluding carboxylic acids is 1. The van der Waals surface area contributed by atoms with E-state index in [-0.39, 0.29) is 35.8 Å². The van der Waals surface area contributed by atoms with Gasteiger partial charge in [0.25, 0.3) is 0 Å². The number of amides is 1. The van der Waals surface area contributed by atoms with Crippen molar-refractivity contribution in [1.82, 2.24) is 10.6 Å². The normalized spacial score (nSPS) is 12.1. The highest BCUT2D eigenvalue weighted by Gasteiger charge is 2.10. The van der Waals surface area contributed by atoms with Crippen LogP contribution < -0.4 is 16.0 Å². The van der Waals surface area contributed by atoms with E-state index in [1.807, 2.05) is 52.0 Å². The summed E-state index contributed by atoms with van der Waals surface area (Å²) in [6.45, 7) is 11.4. The lowest BCUT2D eigenvalue weighted by Gasteiger charge is -2.12. The van der Waals surface area contributed by atoms with Gasteiger partial charge in [-0.05, 0) is 38.0 Å². The van der Waals surface area contributed by atoms with E-state index in [1.54, 1.807) is 0 Å². The molecule has 26 heavy (non-hydrogen) atoms. The third-order valence-corrected chi connectivity index (χ3v) is 3.76. The van der Waals surface area contributed by atoms with Crippen molar-refractivity contribution < 1.29 is 9.53 Å². The Bertz CT molecular complexity index is 552. The first kappa shape index (κ1) is 24.7. The van der Waals surface area contributed by atoms with E-state index >= 15 is 0 Å². The maximum absolute atomic E-state index is 12.0. The van der Waals surface area contributed by atoms with E-state index < -0.39 is 0 Å². The van der Waals surface area contributed by atoms with Crippen molar-refractivity contribution in [2.45, 2.75) is 40.7 Å². The van der Waals surface area contributed by atoms with Crippen LogP contribution in [0.4, 0.5) is 5.69 Å². The highest BCUT2D eigenvalue weighted by molar-refractivity contribution is 14.0. The van der Waals surface area contributed by atoms with Crippen LogP contribution in [-0.4, -0.2) is 38.2 Å². The third-order valence-electron chi connectivity index (χ3n) is 3.76. The highest BCUT2D eigenvalue weighted by atomic mass is 127. The molecule has 0 aromatic heterocycles. The van der Waals surface area contributed by atoms with E-state index in [1.165, 1.54) is 0 Å². The number of nitrogens with zero attached hydrogens (tertiary/aromatic N) is 1. The van der Waals surface area contributed by atoms with Gasteiger partial charge in [-0.3, -0.25) is 4.79 Å².